The number of furan rings is 1. The SMILES string of the molecule is Cc1cc(C(C)Nc2nc3ccc(Br)cc3s2)c(C)o1. The van der Waals surface area contributed by atoms with Crippen molar-refractivity contribution in [3.8, 4) is 0 Å². The zero-order valence-electron chi connectivity index (χ0n) is 11.5. The Morgan fingerprint density at radius 3 is 2.80 bits per heavy atom. The Kier molecular flexibility index (Phi) is 3.56. The summed E-state index contributed by atoms with van der Waals surface area (Å²) in [5.74, 6) is 1.91. The van der Waals surface area contributed by atoms with Crippen LogP contribution in [-0.4, -0.2) is 4.98 Å². The van der Waals surface area contributed by atoms with Crippen molar-refractivity contribution in [2.45, 2.75) is 26.8 Å². The molecule has 0 saturated heterocycles. The Bertz CT molecular complexity index is 762. The van der Waals surface area contributed by atoms with Gasteiger partial charge in [-0.3, -0.25) is 0 Å². The van der Waals surface area contributed by atoms with Gasteiger partial charge in [-0.1, -0.05) is 27.3 Å². The van der Waals surface area contributed by atoms with Crippen molar-refractivity contribution in [2.24, 2.45) is 0 Å². The molecule has 0 radical (unpaired) electrons. The first-order valence-electron chi connectivity index (χ1n) is 6.42. The van der Waals surface area contributed by atoms with E-state index < -0.39 is 0 Å². The number of anilines is 1. The van der Waals surface area contributed by atoms with Gasteiger partial charge in [-0.25, -0.2) is 4.98 Å². The molecule has 1 aromatic carbocycles. The van der Waals surface area contributed by atoms with Crippen LogP contribution >= 0.6 is 27.3 Å². The average molecular weight is 351 g/mol. The maximum Gasteiger partial charge on any atom is 0.184 e. The van der Waals surface area contributed by atoms with E-state index in [1.54, 1.807) is 11.3 Å². The lowest BCUT2D eigenvalue weighted by Crippen LogP contribution is -2.06. The Morgan fingerprint density at radius 1 is 1.30 bits per heavy atom. The van der Waals surface area contributed by atoms with E-state index in [9.17, 15) is 0 Å². The summed E-state index contributed by atoms with van der Waals surface area (Å²) in [4.78, 5) is 4.61. The van der Waals surface area contributed by atoms with Crippen LogP contribution in [0.3, 0.4) is 0 Å². The minimum absolute atomic E-state index is 0.177. The third kappa shape index (κ3) is 2.60. The van der Waals surface area contributed by atoms with Gasteiger partial charge in [0, 0.05) is 10.0 Å². The van der Waals surface area contributed by atoms with Gasteiger partial charge in [-0.2, -0.15) is 0 Å². The molecule has 2 heterocycles. The van der Waals surface area contributed by atoms with Crippen molar-refractivity contribution in [1.82, 2.24) is 4.98 Å². The highest BCUT2D eigenvalue weighted by molar-refractivity contribution is 9.10. The normalized spacial score (nSPS) is 12.8. The highest BCUT2D eigenvalue weighted by Crippen LogP contribution is 2.31. The maximum absolute atomic E-state index is 5.58. The molecule has 0 aliphatic carbocycles. The molecular weight excluding hydrogens is 336 g/mol. The van der Waals surface area contributed by atoms with Gasteiger partial charge in [0.05, 0.1) is 16.3 Å². The summed E-state index contributed by atoms with van der Waals surface area (Å²) in [5.41, 5.74) is 2.20. The first kappa shape index (κ1) is 13.6. The third-order valence-corrected chi connectivity index (χ3v) is 4.68. The van der Waals surface area contributed by atoms with E-state index in [-0.39, 0.29) is 6.04 Å². The van der Waals surface area contributed by atoms with Crippen LogP contribution in [0.1, 0.15) is 30.0 Å². The molecule has 0 bridgehead atoms. The van der Waals surface area contributed by atoms with Crippen LogP contribution in [0.5, 0.6) is 0 Å². The lowest BCUT2D eigenvalue weighted by atomic mass is 10.1. The summed E-state index contributed by atoms with van der Waals surface area (Å²) in [7, 11) is 0. The van der Waals surface area contributed by atoms with Gasteiger partial charge in [-0.15, -0.1) is 0 Å². The molecule has 0 saturated carbocycles. The van der Waals surface area contributed by atoms with Crippen LogP contribution in [0, 0.1) is 13.8 Å². The van der Waals surface area contributed by atoms with Crippen molar-refractivity contribution in [2.75, 3.05) is 5.32 Å². The van der Waals surface area contributed by atoms with Gasteiger partial charge in [0.2, 0.25) is 0 Å². The molecule has 1 N–H and O–H groups in total. The summed E-state index contributed by atoms with van der Waals surface area (Å²) in [6, 6.07) is 8.39. The van der Waals surface area contributed by atoms with Crippen LogP contribution in [0.15, 0.2) is 33.2 Å². The minimum atomic E-state index is 0.177. The monoisotopic (exact) mass is 350 g/mol. The summed E-state index contributed by atoms with van der Waals surface area (Å²) in [5, 5.41) is 4.39. The molecule has 20 heavy (non-hydrogen) atoms. The number of aromatic nitrogens is 1. The van der Waals surface area contributed by atoms with Crippen molar-refractivity contribution in [3.63, 3.8) is 0 Å². The molecule has 0 aliphatic rings. The van der Waals surface area contributed by atoms with E-state index in [0.29, 0.717) is 0 Å². The summed E-state index contributed by atoms with van der Waals surface area (Å²) >= 11 is 5.15. The molecule has 2 aromatic heterocycles. The second-order valence-corrected chi connectivity index (χ2v) is 6.81. The smallest absolute Gasteiger partial charge is 0.184 e. The molecule has 0 spiro atoms. The van der Waals surface area contributed by atoms with Gasteiger partial charge in [0.15, 0.2) is 5.13 Å². The zero-order chi connectivity index (χ0) is 14.3. The number of halogens is 1. The second-order valence-electron chi connectivity index (χ2n) is 4.87. The van der Waals surface area contributed by atoms with Gasteiger partial charge >= 0.3 is 0 Å². The number of nitrogens with zero attached hydrogens (tertiary/aromatic N) is 1. The van der Waals surface area contributed by atoms with Crippen LogP contribution in [0.2, 0.25) is 0 Å². The number of rotatable bonds is 3. The molecule has 1 unspecified atom stereocenters. The molecule has 3 rings (SSSR count). The average Bonchev–Trinajstić information content (AvgIpc) is 2.91. The van der Waals surface area contributed by atoms with Crippen LogP contribution in [0.4, 0.5) is 5.13 Å². The lowest BCUT2D eigenvalue weighted by Gasteiger charge is -2.11. The molecule has 104 valence electrons. The van der Waals surface area contributed by atoms with E-state index in [1.165, 1.54) is 10.3 Å². The van der Waals surface area contributed by atoms with Gasteiger partial charge < -0.3 is 9.73 Å². The Labute approximate surface area is 130 Å². The van der Waals surface area contributed by atoms with Crippen LogP contribution in [-0.2, 0) is 0 Å². The maximum atomic E-state index is 5.58. The minimum Gasteiger partial charge on any atom is -0.466 e. The first-order chi connectivity index (χ1) is 9.52. The van der Waals surface area contributed by atoms with Crippen LogP contribution in [0.25, 0.3) is 10.2 Å². The van der Waals surface area contributed by atoms with E-state index in [1.807, 2.05) is 26.0 Å². The molecule has 0 fully saturated rings. The zero-order valence-corrected chi connectivity index (χ0v) is 13.9. The van der Waals surface area contributed by atoms with Crippen molar-refractivity contribution >= 4 is 42.6 Å². The fraction of sp³-hybridized carbons (Fsp3) is 0.267. The predicted molar refractivity (Wildman–Crippen MR) is 87.5 cm³/mol. The Morgan fingerprint density at radius 2 is 2.10 bits per heavy atom. The van der Waals surface area contributed by atoms with Crippen molar-refractivity contribution in [1.29, 1.82) is 0 Å². The molecule has 1 atom stereocenters. The summed E-state index contributed by atoms with van der Waals surface area (Å²) < 4.78 is 7.84. The molecule has 3 nitrogen and oxygen atoms in total. The van der Waals surface area contributed by atoms with Gasteiger partial charge in [0.25, 0.3) is 0 Å². The predicted octanol–water partition coefficient (Wildman–Crippen LogP) is 5.44. The highest BCUT2D eigenvalue weighted by Gasteiger charge is 2.14. The topological polar surface area (TPSA) is 38.1 Å². The molecule has 0 amide bonds. The Hall–Kier alpha value is -1.33. The number of thiazole rings is 1. The van der Waals surface area contributed by atoms with Crippen molar-refractivity contribution < 1.29 is 4.42 Å². The fourth-order valence-corrected chi connectivity index (χ4v) is 3.81. The number of fused-ring (bicyclic) bond motifs is 1. The van der Waals surface area contributed by atoms with Crippen LogP contribution < -0.4 is 5.32 Å². The van der Waals surface area contributed by atoms with Gasteiger partial charge in [0.1, 0.15) is 11.5 Å². The summed E-state index contributed by atoms with van der Waals surface area (Å²) in [6.45, 7) is 6.09. The lowest BCUT2D eigenvalue weighted by molar-refractivity contribution is 0.500. The first-order valence-corrected chi connectivity index (χ1v) is 8.03. The molecule has 0 aliphatic heterocycles. The quantitative estimate of drug-likeness (QED) is 0.683. The standard InChI is InChI=1S/C15H15BrN2OS/c1-8-6-12(10(3)19-8)9(2)17-15-18-13-5-4-11(16)7-14(13)20-15/h4-7,9H,1-3H3,(H,17,18). The van der Waals surface area contributed by atoms with E-state index >= 15 is 0 Å². The number of hydrogen-bond acceptors (Lipinski definition) is 4. The largest absolute Gasteiger partial charge is 0.466 e. The number of aryl methyl sites for hydroxylation is 2. The highest BCUT2D eigenvalue weighted by atomic mass is 79.9. The number of nitrogens with one attached hydrogen (secondary N) is 1. The third-order valence-electron chi connectivity index (χ3n) is 3.24. The van der Waals surface area contributed by atoms with E-state index in [2.05, 4.69) is 45.3 Å². The molecular formula is C15H15BrN2OS. The number of hydrogen-bond donors (Lipinski definition) is 1. The van der Waals surface area contributed by atoms with Gasteiger partial charge in [-0.05, 0) is 45.0 Å². The van der Waals surface area contributed by atoms with Crippen molar-refractivity contribution in [3.05, 3.63) is 45.8 Å². The second kappa shape index (κ2) is 5.22. The fourth-order valence-electron chi connectivity index (χ4n) is 2.30. The number of benzene rings is 1. The summed E-state index contributed by atoms with van der Waals surface area (Å²) in [6.07, 6.45) is 0. The Balaban J connectivity index is 1.87. The molecule has 5 heteroatoms. The van der Waals surface area contributed by atoms with E-state index in [4.69, 9.17) is 4.42 Å². The molecule has 3 aromatic rings. The van der Waals surface area contributed by atoms with E-state index in [0.717, 1.165) is 26.6 Å².